The molecule has 1 aliphatic rings. The zero-order chi connectivity index (χ0) is 14.3. The number of methoxy groups -OCH3 is 2. The topological polar surface area (TPSA) is 81.9 Å². The summed E-state index contributed by atoms with van der Waals surface area (Å²) in [5.74, 6) is 0.251. The summed E-state index contributed by atoms with van der Waals surface area (Å²) in [6, 6.07) is 4.95. The lowest BCUT2D eigenvalue weighted by Crippen LogP contribution is -2.61. The summed E-state index contributed by atoms with van der Waals surface area (Å²) in [5.41, 5.74) is 0.612. The van der Waals surface area contributed by atoms with Crippen LogP contribution < -0.4 is 14.8 Å². The second-order valence-electron chi connectivity index (χ2n) is 4.89. The van der Waals surface area contributed by atoms with E-state index < -0.39 is 10.0 Å². The van der Waals surface area contributed by atoms with Crippen molar-refractivity contribution in [1.29, 1.82) is 0 Å². The van der Waals surface area contributed by atoms with Crippen LogP contribution in [0.5, 0.6) is 5.75 Å². The molecular weight excluding hydrogens is 268 g/mol. The molecule has 1 saturated heterocycles. The minimum Gasteiger partial charge on any atom is -0.495 e. The van der Waals surface area contributed by atoms with E-state index in [0.717, 1.165) is 5.69 Å². The van der Waals surface area contributed by atoms with Crippen molar-refractivity contribution in [2.24, 2.45) is 5.14 Å². The van der Waals surface area contributed by atoms with Crippen molar-refractivity contribution in [1.82, 2.24) is 0 Å². The minimum absolute atomic E-state index is 0.00137. The van der Waals surface area contributed by atoms with Gasteiger partial charge in [-0.25, -0.2) is 13.6 Å². The van der Waals surface area contributed by atoms with E-state index in [1.165, 1.54) is 13.2 Å². The van der Waals surface area contributed by atoms with Crippen molar-refractivity contribution in [3.63, 3.8) is 0 Å². The zero-order valence-electron chi connectivity index (χ0n) is 11.2. The Morgan fingerprint density at radius 3 is 2.42 bits per heavy atom. The summed E-state index contributed by atoms with van der Waals surface area (Å²) < 4.78 is 33.4. The summed E-state index contributed by atoms with van der Waals surface area (Å²) in [5, 5.41) is 5.19. The highest BCUT2D eigenvalue weighted by Crippen LogP contribution is 2.33. The second-order valence-corrected chi connectivity index (χ2v) is 6.42. The maximum absolute atomic E-state index is 11.5. The molecule has 2 N–H and O–H groups in total. The van der Waals surface area contributed by atoms with Crippen LogP contribution in [-0.4, -0.2) is 41.3 Å². The van der Waals surface area contributed by atoms with E-state index in [9.17, 15) is 8.42 Å². The van der Waals surface area contributed by atoms with Crippen LogP contribution in [0.15, 0.2) is 23.1 Å². The SMILES string of the molecule is COc1ccc(N2CC(C)(OC)C2)cc1S(N)(=O)=O. The number of hydrogen-bond acceptors (Lipinski definition) is 5. The third-order valence-corrected chi connectivity index (χ3v) is 4.29. The van der Waals surface area contributed by atoms with Crippen LogP contribution >= 0.6 is 0 Å². The van der Waals surface area contributed by atoms with Gasteiger partial charge in [-0.2, -0.15) is 0 Å². The average Bonchev–Trinajstić information content (AvgIpc) is 2.33. The van der Waals surface area contributed by atoms with Gasteiger partial charge < -0.3 is 14.4 Å². The molecule has 7 heteroatoms. The highest BCUT2D eigenvalue weighted by atomic mass is 32.2. The molecule has 0 aliphatic carbocycles. The van der Waals surface area contributed by atoms with E-state index in [0.29, 0.717) is 13.1 Å². The lowest BCUT2D eigenvalue weighted by molar-refractivity contribution is -0.0167. The third-order valence-electron chi connectivity index (χ3n) is 3.36. The molecule has 0 radical (unpaired) electrons. The first-order chi connectivity index (χ1) is 8.79. The second kappa shape index (κ2) is 4.66. The third kappa shape index (κ3) is 2.68. The van der Waals surface area contributed by atoms with Gasteiger partial charge in [-0.05, 0) is 25.1 Å². The van der Waals surface area contributed by atoms with Gasteiger partial charge in [0.25, 0.3) is 0 Å². The Hall–Kier alpha value is -1.31. The lowest BCUT2D eigenvalue weighted by atomic mass is 9.95. The molecule has 6 nitrogen and oxygen atoms in total. The van der Waals surface area contributed by atoms with Gasteiger partial charge >= 0.3 is 0 Å². The molecule has 0 spiro atoms. The molecule has 1 aromatic rings. The summed E-state index contributed by atoms with van der Waals surface area (Å²) >= 11 is 0. The summed E-state index contributed by atoms with van der Waals surface area (Å²) in [6.07, 6.45) is 0. The highest BCUT2D eigenvalue weighted by molar-refractivity contribution is 7.89. The van der Waals surface area contributed by atoms with Gasteiger partial charge in [-0.1, -0.05) is 0 Å². The monoisotopic (exact) mass is 286 g/mol. The molecule has 1 fully saturated rings. The predicted molar refractivity (Wildman–Crippen MR) is 72.0 cm³/mol. The van der Waals surface area contributed by atoms with Crippen LogP contribution in [0.3, 0.4) is 0 Å². The molecule has 106 valence electrons. The van der Waals surface area contributed by atoms with Crippen LogP contribution in [0.2, 0.25) is 0 Å². The van der Waals surface area contributed by atoms with Gasteiger partial charge in [0.2, 0.25) is 10.0 Å². The molecular formula is C12H18N2O4S. The number of hydrogen-bond donors (Lipinski definition) is 1. The number of benzene rings is 1. The van der Waals surface area contributed by atoms with Crippen LogP contribution in [0.25, 0.3) is 0 Å². The van der Waals surface area contributed by atoms with Gasteiger partial charge in [0.1, 0.15) is 10.6 Å². The Morgan fingerprint density at radius 2 is 1.95 bits per heavy atom. The maximum Gasteiger partial charge on any atom is 0.241 e. The Bertz CT molecular complexity index is 579. The van der Waals surface area contributed by atoms with Crippen LogP contribution in [-0.2, 0) is 14.8 Å². The Balaban J connectivity index is 2.31. The molecule has 0 unspecified atom stereocenters. The number of ether oxygens (including phenoxy) is 2. The van der Waals surface area contributed by atoms with Crippen molar-refractivity contribution in [3.8, 4) is 5.75 Å². The zero-order valence-corrected chi connectivity index (χ0v) is 12.0. The van der Waals surface area contributed by atoms with Crippen LogP contribution in [0, 0.1) is 0 Å². The molecule has 0 amide bonds. The van der Waals surface area contributed by atoms with Crippen molar-refractivity contribution in [2.45, 2.75) is 17.4 Å². The van der Waals surface area contributed by atoms with Gasteiger partial charge in [0.05, 0.1) is 12.7 Å². The number of primary sulfonamides is 1. The normalized spacial score (nSPS) is 18.0. The van der Waals surface area contributed by atoms with Crippen molar-refractivity contribution in [3.05, 3.63) is 18.2 Å². The molecule has 0 atom stereocenters. The maximum atomic E-state index is 11.5. The molecule has 0 bridgehead atoms. The molecule has 19 heavy (non-hydrogen) atoms. The van der Waals surface area contributed by atoms with E-state index in [2.05, 4.69) is 0 Å². The van der Waals surface area contributed by atoms with Gasteiger partial charge in [0.15, 0.2) is 0 Å². The van der Waals surface area contributed by atoms with Crippen molar-refractivity contribution >= 4 is 15.7 Å². The number of sulfonamides is 1. The van der Waals surface area contributed by atoms with E-state index >= 15 is 0 Å². The minimum atomic E-state index is -3.80. The molecule has 0 aromatic heterocycles. The van der Waals surface area contributed by atoms with Crippen molar-refractivity contribution < 1.29 is 17.9 Å². The first-order valence-corrected chi connectivity index (χ1v) is 7.35. The van der Waals surface area contributed by atoms with E-state index in [4.69, 9.17) is 14.6 Å². The Kier molecular flexibility index (Phi) is 3.46. The number of nitrogens with zero attached hydrogens (tertiary/aromatic N) is 1. The lowest BCUT2D eigenvalue weighted by Gasteiger charge is -2.48. The predicted octanol–water partition coefficient (Wildman–Crippen LogP) is 0.568. The van der Waals surface area contributed by atoms with Crippen LogP contribution in [0.4, 0.5) is 5.69 Å². The fourth-order valence-electron chi connectivity index (χ4n) is 2.16. The number of rotatable bonds is 4. The number of anilines is 1. The van der Waals surface area contributed by atoms with Crippen LogP contribution in [0.1, 0.15) is 6.92 Å². The molecule has 1 aliphatic heterocycles. The Labute approximate surface area is 113 Å². The summed E-state index contributed by atoms with van der Waals surface area (Å²) in [4.78, 5) is 2.02. The highest BCUT2D eigenvalue weighted by Gasteiger charge is 2.39. The fraction of sp³-hybridized carbons (Fsp3) is 0.500. The quantitative estimate of drug-likeness (QED) is 0.875. The first kappa shape index (κ1) is 14.1. The summed E-state index contributed by atoms with van der Waals surface area (Å²) in [7, 11) is -0.723. The van der Waals surface area contributed by atoms with E-state index in [1.54, 1.807) is 13.2 Å². The largest absolute Gasteiger partial charge is 0.495 e. The van der Waals surface area contributed by atoms with Gasteiger partial charge in [-0.3, -0.25) is 0 Å². The molecule has 1 heterocycles. The molecule has 0 saturated carbocycles. The summed E-state index contributed by atoms with van der Waals surface area (Å²) in [6.45, 7) is 3.42. The van der Waals surface area contributed by atoms with Crippen molar-refractivity contribution in [2.75, 3.05) is 32.2 Å². The average molecular weight is 286 g/mol. The van der Waals surface area contributed by atoms with Gasteiger partial charge in [-0.15, -0.1) is 0 Å². The molecule has 1 aromatic carbocycles. The fourth-order valence-corrected chi connectivity index (χ4v) is 2.87. The molecule has 2 rings (SSSR count). The van der Waals surface area contributed by atoms with E-state index in [-0.39, 0.29) is 16.2 Å². The van der Waals surface area contributed by atoms with E-state index in [1.807, 2.05) is 17.9 Å². The smallest absolute Gasteiger partial charge is 0.241 e. The first-order valence-electron chi connectivity index (χ1n) is 5.80. The standard InChI is InChI=1S/C12H18N2O4S/c1-12(18-3)7-14(8-12)9-4-5-10(17-2)11(6-9)19(13,15)16/h4-6H,7-8H2,1-3H3,(H2,13,15,16). The van der Waals surface area contributed by atoms with Gasteiger partial charge in [0, 0.05) is 25.9 Å². The Morgan fingerprint density at radius 1 is 1.32 bits per heavy atom. The number of nitrogens with two attached hydrogens (primary N) is 1.